The fraction of sp³-hybridized carbons (Fsp3) is 0.440. The highest BCUT2D eigenvalue weighted by atomic mass is 19.1. The third-order valence-electron chi connectivity index (χ3n) is 6.26. The van der Waals surface area contributed by atoms with Gasteiger partial charge in [-0.2, -0.15) is 5.10 Å². The van der Waals surface area contributed by atoms with Gasteiger partial charge in [0.25, 0.3) is 5.91 Å². The van der Waals surface area contributed by atoms with E-state index in [2.05, 4.69) is 15.3 Å². The third-order valence-corrected chi connectivity index (χ3v) is 6.26. The van der Waals surface area contributed by atoms with Gasteiger partial charge in [0.15, 0.2) is 0 Å². The molecule has 1 saturated heterocycles. The molecular formula is C25H31FN4O2. The molecule has 3 aromatic rings. The summed E-state index contributed by atoms with van der Waals surface area (Å²) in [7, 11) is 1.65. The van der Waals surface area contributed by atoms with Crippen LogP contribution in [-0.2, 0) is 17.7 Å². The van der Waals surface area contributed by atoms with Crippen LogP contribution in [-0.4, -0.2) is 60.5 Å². The number of carbonyl (C=O) groups excluding carboxylic acids is 1. The zero-order chi connectivity index (χ0) is 22.3. The number of piperidine rings is 1. The van der Waals surface area contributed by atoms with E-state index in [-0.39, 0.29) is 11.7 Å². The van der Waals surface area contributed by atoms with Gasteiger partial charge in [0.05, 0.1) is 18.7 Å². The number of fused-ring (bicyclic) bond motifs is 1. The second kappa shape index (κ2) is 10.7. The maximum atomic E-state index is 13.0. The molecule has 6 nitrogen and oxygen atoms in total. The van der Waals surface area contributed by atoms with Gasteiger partial charge in [0.2, 0.25) is 0 Å². The van der Waals surface area contributed by atoms with Crippen molar-refractivity contribution >= 4 is 16.8 Å². The first-order valence-electron chi connectivity index (χ1n) is 11.3. The summed E-state index contributed by atoms with van der Waals surface area (Å²) in [5.41, 5.74) is 2.59. The van der Waals surface area contributed by atoms with Crippen molar-refractivity contribution < 1.29 is 13.9 Å². The van der Waals surface area contributed by atoms with E-state index in [0.29, 0.717) is 31.3 Å². The minimum Gasteiger partial charge on any atom is -0.383 e. The number of likely N-dealkylation sites (tertiary alicyclic amines) is 1. The SMILES string of the molecule is COCCn1nc2ccccc2c1C(=O)NCC1CCN(CCc2ccc(F)cc2)CC1. The Morgan fingerprint density at radius 1 is 1.12 bits per heavy atom. The second-order valence-electron chi connectivity index (χ2n) is 8.45. The average molecular weight is 439 g/mol. The Hall–Kier alpha value is -2.77. The highest BCUT2D eigenvalue weighted by Crippen LogP contribution is 2.20. The van der Waals surface area contributed by atoms with Crippen LogP contribution in [0.3, 0.4) is 0 Å². The first kappa shape index (κ1) is 22.4. The summed E-state index contributed by atoms with van der Waals surface area (Å²) in [6.07, 6.45) is 3.06. The molecule has 2 aromatic carbocycles. The molecule has 0 atom stereocenters. The molecule has 7 heteroatoms. The number of aromatic nitrogens is 2. The quantitative estimate of drug-likeness (QED) is 0.556. The molecule has 1 N–H and O–H groups in total. The number of rotatable bonds is 9. The van der Waals surface area contributed by atoms with E-state index in [1.54, 1.807) is 11.8 Å². The third kappa shape index (κ3) is 5.53. The van der Waals surface area contributed by atoms with Gasteiger partial charge >= 0.3 is 0 Å². The van der Waals surface area contributed by atoms with Crippen molar-refractivity contribution in [3.8, 4) is 0 Å². The van der Waals surface area contributed by atoms with Gasteiger partial charge in [-0.1, -0.05) is 30.3 Å². The Balaban J connectivity index is 1.27. The zero-order valence-corrected chi connectivity index (χ0v) is 18.6. The number of methoxy groups -OCH3 is 1. The molecule has 1 aromatic heterocycles. The van der Waals surface area contributed by atoms with Gasteiger partial charge in [-0.3, -0.25) is 9.48 Å². The molecule has 1 aliphatic heterocycles. The van der Waals surface area contributed by atoms with Crippen molar-refractivity contribution in [3.05, 3.63) is 65.6 Å². The van der Waals surface area contributed by atoms with Crippen LogP contribution >= 0.6 is 0 Å². The van der Waals surface area contributed by atoms with Crippen molar-refractivity contribution in [1.29, 1.82) is 0 Å². The number of nitrogens with one attached hydrogen (secondary N) is 1. The monoisotopic (exact) mass is 438 g/mol. The smallest absolute Gasteiger partial charge is 0.270 e. The van der Waals surface area contributed by atoms with Crippen molar-refractivity contribution in [3.63, 3.8) is 0 Å². The van der Waals surface area contributed by atoms with Crippen molar-refractivity contribution in [2.24, 2.45) is 5.92 Å². The number of hydrogen-bond acceptors (Lipinski definition) is 4. The van der Waals surface area contributed by atoms with Crippen LogP contribution in [0.2, 0.25) is 0 Å². The minimum absolute atomic E-state index is 0.0754. The Kier molecular flexibility index (Phi) is 7.50. The van der Waals surface area contributed by atoms with E-state index >= 15 is 0 Å². The Bertz CT molecular complexity index is 1030. The summed E-state index contributed by atoms with van der Waals surface area (Å²) in [4.78, 5) is 15.5. The molecular weight excluding hydrogens is 407 g/mol. The van der Waals surface area contributed by atoms with E-state index in [0.717, 1.165) is 55.4 Å². The maximum Gasteiger partial charge on any atom is 0.270 e. The number of ether oxygens (including phenoxy) is 1. The lowest BCUT2D eigenvalue weighted by atomic mass is 9.96. The first-order valence-corrected chi connectivity index (χ1v) is 11.3. The van der Waals surface area contributed by atoms with Gasteiger partial charge < -0.3 is 15.0 Å². The van der Waals surface area contributed by atoms with E-state index < -0.39 is 0 Å². The standard InChI is InChI=1S/C25H31FN4O2/c1-32-17-16-30-24(22-4-2-3-5-23(22)28-30)25(31)27-18-20-11-14-29(15-12-20)13-10-19-6-8-21(26)9-7-19/h2-9,20H,10-18H2,1H3,(H,27,31). The Morgan fingerprint density at radius 2 is 1.88 bits per heavy atom. The van der Waals surface area contributed by atoms with Crippen LogP contribution in [0.1, 0.15) is 28.9 Å². The molecule has 0 radical (unpaired) electrons. The fourth-order valence-electron chi connectivity index (χ4n) is 4.33. The lowest BCUT2D eigenvalue weighted by Gasteiger charge is -2.32. The Morgan fingerprint density at radius 3 is 2.62 bits per heavy atom. The topological polar surface area (TPSA) is 59.4 Å². The highest BCUT2D eigenvalue weighted by molar-refractivity contribution is 6.05. The summed E-state index contributed by atoms with van der Waals surface area (Å²) >= 11 is 0. The number of hydrogen-bond donors (Lipinski definition) is 1. The molecule has 170 valence electrons. The summed E-state index contributed by atoms with van der Waals surface area (Å²) in [6.45, 7) is 4.75. The van der Waals surface area contributed by atoms with Gasteiger partial charge in [0, 0.05) is 25.6 Å². The van der Waals surface area contributed by atoms with Gasteiger partial charge in [-0.05, 0) is 62.0 Å². The fourth-order valence-corrected chi connectivity index (χ4v) is 4.33. The molecule has 1 fully saturated rings. The first-order chi connectivity index (χ1) is 15.6. The lowest BCUT2D eigenvalue weighted by molar-refractivity contribution is 0.0924. The van der Waals surface area contributed by atoms with E-state index in [1.807, 2.05) is 36.4 Å². The second-order valence-corrected chi connectivity index (χ2v) is 8.45. The summed E-state index contributed by atoms with van der Waals surface area (Å²) in [6, 6.07) is 14.5. The molecule has 0 aliphatic carbocycles. The number of carbonyl (C=O) groups is 1. The van der Waals surface area contributed by atoms with E-state index in [4.69, 9.17) is 4.74 Å². The number of benzene rings is 2. The van der Waals surface area contributed by atoms with Crippen LogP contribution in [0.4, 0.5) is 4.39 Å². The predicted molar refractivity (Wildman–Crippen MR) is 123 cm³/mol. The van der Waals surface area contributed by atoms with Crippen molar-refractivity contribution in [2.45, 2.75) is 25.8 Å². The van der Waals surface area contributed by atoms with E-state index in [1.165, 1.54) is 12.1 Å². The summed E-state index contributed by atoms with van der Waals surface area (Å²) < 4.78 is 20.0. The average Bonchev–Trinajstić information content (AvgIpc) is 3.20. The van der Waals surface area contributed by atoms with Crippen LogP contribution in [0.5, 0.6) is 0 Å². The summed E-state index contributed by atoms with van der Waals surface area (Å²) in [5, 5.41) is 8.59. The van der Waals surface area contributed by atoms with Crippen LogP contribution in [0.15, 0.2) is 48.5 Å². The zero-order valence-electron chi connectivity index (χ0n) is 18.6. The molecule has 1 aliphatic rings. The molecule has 1 amide bonds. The molecule has 0 unspecified atom stereocenters. The van der Waals surface area contributed by atoms with Crippen LogP contribution in [0.25, 0.3) is 10.9 Å². The molecule has 2 heterocycles. The Labute approximate surface area is 188 Å². The molecule has 32 heavy (non-hydrogen) atoms. The van der Waals surface area contributed by atoms with Gasteiger partial charge in [-0.25, -0.2) is 4.39 Å². The lowest BCUT2D eigenvalue weighted by Crippen LogP contribution is -2.39. The largest absolute Gasteiger partial charge is 0.383 e. The molecule has 0 spiro atoms. The number of nitrogens with zero attached hydrogens (tertiary/aromatic N) is 3. The van der Waals surface area contributed by atoms with Crippen molar-refractivity contribution in [1.82, 2.24) is 20.0 Å². The van der Waals surface area contributed by atoms with Gasteiger partial charge in [-0.15, -0.1) is 0 Å². The highest BCUT2D eigenvalue weighted by Gasteiger charge is 2.22. The molecule has 4 rings (SSSR count). The van der Waals surface area contributed by atoms with E-state index in [9.17, 15) is 9.18 Å². The number of halogens is 1. The minimum atomic E-state index is -0.189. The maximum absolute atomic E-state index is 13.0. The van der Waals surface area contributed by atoms with Crippen LogP contribution in [0, 0.1) is 11.7 Å². The normalized spacial score (nSPS) is 15.3. The molecule has 0 saturated carbocycles. The predicted octanol–water partition coefficient (Wildman–Crippen LogP) is 3.51. The summed E-state index contributed by atoms with van der Waals surface area (Å²) in [5.74, 6) is 0.211. The number of amides is 1. The van der Waals surface area contributed by atoms with Crippen LogP contribution < -0.4 is 5.32 Å². The van der Waals surface area contributed by atoms with Crippen molar-refractivity contribution in [2.75, 3.05) is 39.9 Å². The molecule has 0 bridgehead atoms. The van der Waals surface area contributed by atoms with Gasteiger partial charge in [0.1, 0.15) is 11.5 Å².